The summed E-state index contributed by atoms with van der Waals surface area (Å²) in [6.07, 6.45) is 0.396. The summed E-state index contributed by atoms with van der Waals surface area (Å²) in [5.74, 6) is -0.0315. The quantitative estimate of drug-likeness (QED) is 0.760. The van der Waals surface area contributed by atoms with Crippen LogP contribution in [0.15, 0.2) is 30.3 Å². The van der Waals surface area contributed by atoms with Gasteiger partial charge >= 0.3 is 0 Å². The van der Waals surface area contributed by atoms with Gasteiger partial charge in [-0.15, -0.1) is 0 Å². The van der Waals surface area contributed by atoms with Crippen molar-refractivity contribution in [2.75, 3.05) is 25.5 Å². The number of benzene rings is 1. The summed E-state index contributed by atoms with van der Waals surface area (Å²) in [5, 5.41) is 11.2. The van der Waals surface area contributed by atoms with Crippen LogP contribution >= 0.6 is 0 Å². The van der Waals surface area contributed by atoms with Crippen molar-refractivity contribution in [1.29, 1.82) is 5.26 Å². The fourth-order valence-corrected chi connectivity index (χ4v) is 1.24. The van der Waals surface area contributed by atoms with E-state index < -0.39 is 0 Å². The zero-order chi connectivity index (χ0) is 11.8. The summed E-state index contributed by atoms with van der Waals surface area (Å²) >= 11 is 0. The second kappa shape index (κ2) is 6.59. The largest absolute Gasteiger partial charge is 0.326 e. The standard InChI is InChI=1S/C12H15N3O/c1-15(10-8-13)9-7-12(16)14-11-5-3-2-4-6-11/h2-6H,7,9-10H2,1H3,(H,14,16). The Bertz CT molecular complexity index is 370. The number of nitriles is 1. The van der Waals surface area contributed by atoms with Gasteiger partial charge in [-0.2, -0.15) is 5.26 Å². The van der Waals surface area contributed by atoms with Crippen LogP contribution in [0.5, 0.6) is 0 Å². The molecule has 84 valence electrons. The molecule has 0 aliphatic rings. The van der Waals surface area contributed by atoms with Crippen LogP contribution in [0.2, 0.25) is 0 Å². The van der Waals surface area contributed by atoms with Crippen molar-refractivity contribution in [2.45, 2.75) is 6.42 Å². The highest BCUT2D eigenvalue weighted by Crippen LogP contribution is 2.05. The molecule has 1 rings (SSSR count). The van der Waals surface area contributed by atoms with E-state index in [4.69, 9.17) is 5.26 Å². The lowest BCUT2D eigenvalue weighted by Gasteiger charge is -2.11. The van der Waals surface area contributed by atoms with Crippen molar-refractivity contribution >= 4 is 11.6 Å². The second-order valence-electron chi connectivity index (χ2n) is 3.56. The summed E-state index contributed by atoms with van der Waals surface area (Å²) in [6, 6.07) is 11.4. The van der Waals surface area contributed by atoms with Crippen molar-refractivity contribution in [3.05, 3.63) is 30.3 Å². The van der Waals surface area contributed by atoms with E-state index in [-0.39, 0.29) is 5.91 Å². The van der Waals surface area contributed by atoms with Crippen molar-refractivity contribution in [1.82, 2.24) is 4.90 Å². The molecular weight excluding hydrogens is 202 g/mol. The molecular formula is C12H15N3O. The zero-order valence-corrected chi connectivity index (χ0v) is 9.31. The fraction of sp³-hybridized carbons (Fsp3) is 0.333. The monoisotopic (exact) mass is 217 g/mol. The highest BCUT2D eigenvalue weighted by atomic mass is 16.1. The SMILES string of the molecule is CN(CC#N)CCC(=O)Nc1ccccc1. The molecule has 1 aromatic carbocycles. The molecule has 1 N–H and O–H groups in total. The summed E-state index contributed by atoms with van der Waals surface area (Å²) in [4.78, 5) is 13.3. The van der Waals surface area contributed by atoms with Crippen molar-refractivity contribution in [3.63, 3.8) is 0 Å². The normalized spacial score (nSPS) is 9.81. The van der Waals surface area contributed by atoms with Crippen LogP contribution in [-0.4, -0.2) is 30.9 Å². The highest BCUT2D eigenvalue weighted by Gasteiger charge is 2.04. The Labute approximate surface area is 95.5 Å². The maximum atomic E-state index is 11.5. The number of anilines is 1. The molecule has 4 heteroatoms. The van der Waals surface area contributed by atoms with Crippen molar-refractivity contribution in [2.24, 2.45) is 0 Å². The van der Waals surface area contributed by atoms with Gasteiger partial charge in [-0.1, -0.05) is 18.2 Å². The first-order valence-corrected chi connectivity index (χ1v) is 5.13. The Morgan fingerprint density at radius 2 is 2.12 bits per heavy atom. The topological polar surface area (TPSA) is 56.1 Å². The first-order chi connectivity index (χ1) is 7.72. The molecule has 0 aromatic heterocycles. The predicted octanol–water partition coefficient (Wildman–Crippen LogP) is 1.47. The third kappa shape index (κ3) is 4.58. The molecule has 0 unspecified atom stereocenters. The number of para-hydroxylation sites is 1. The first-order valence-electron chi connectivity index (χ1n) is 5.13. The van der Waals surface area contributed by atoms with Gasteiger partial charge in [0.1, 0.15) is 0 Å². The molecule has 0 fully saturated rings. The van der Waals surface area contributed by atoms with Gasteiger partial charge in [0, 0.05) is 18.7 Å². The summed E-state index contributed by atoms with van der Waals surface area (Å²) in [5.41, 5.74) is 0.801. The van der Waals surface area contributed by atoms with Gasteiger partial charge in [-0.05, 0) is 19.2 Å². The minimum atomic E-state index is -0.0315. The minimum Gasteiger partial charge on any atom is -0.326 e. The maximum absolute atomic E-state index is 11.5. The number of rotatable bonds is 5. The molecule has 0 atom stereocenters. The molecule has 0 bridgehead atoms. The van der Waals surface area contributed by atoms with Gasteiger partial charge in [0.05, 0.1) is 12.6 Å². The number of carbonyl (C=O) groups is 1. The Balaban J connectivity index is 2.29. The average Bonchev–Trinajstić information content (AvgIpc) is 2.28. The molecule has 0 saturated heterocycles. The number of nitrogens with zero attached hydrogens (tertiary/aromatic N) is 2. The minimum absolute atomic E-state index is 0.0315. The van der Waals surface area contributed by atoms with Gasteiger partial charge in [-0.3, -0.25) is 9.69 Å². The molecule has 4 nitrogen and oxygen atoms in total. The number of carbonyl (C=O) groups excluding carboxylic acids is 1. The van der Waals surface area contributed by atoms with Crippen LogP contribution in [0.4, 0.5) is 5.69 Å². The Hall–Kier alpha value is -1.86. The van der Waals surface area contributed by atoms with Crippen molar-refractivity contribution < 1.29 is 4.79 Å². The third-order valence-electron chi connectivity index (χ3n) is 2.12. The molecule has 0 radical (unpaired) electrons. The Morgan fingerprint density at radius 3 is 2.75 bits per heavy atom. The molecule has 0 saturated carbocycles. The van der Waals surface area contributed by atoms with E-state index in [2.05, 4.69) is 5.32 Å². The number of hydrogen-bond acceptors (Lipinski definition) is 3. The summed E-state index contributed by atoms with van der Waals surface area (Å²) in [6.45, 7) is 0.935. The maximum Gasteiger partial charge on any atom is 0.225 e. The Kier molecular flexibility index (Phi) is 5.03. The van der Waals surface area contributed by atoms with Crippen LogP contribution in [0.25, 0.3) is 0 Å². The van der Waals surface area contributed by atoms with Gasteiger partial charge in [0.15, 0.2) is 0 Å². The fourth-order valence-electron chi connectivity index (χ4n) is 1.24. The average molecular weight is 217 g/mol. The molecule has 1 amide bonds. The van der Waals surface area contributed by atoms with E-state index in [1.54, 1.807) is 0 Å². The van der Waals surface area contributed by atoms with E-state index in [1.165, 1.54) is 0 Å². The van der Waals surface area contributed by atoms with Gasteiger partial charge in [0.2, 0.25) is 5.91 Å². The molecule has 0 aliphatic carbocycles. The number of amides is 1. The number of hydrogen-bond donors (Lipinski definition) is 1. The number of nitrogens with one attached hydrogen (secondary N) is 1. The summed E-state index contributed by atoms with van der Waals surface area (Å²) in [7, 11) is 1.82. The van der Waals surface area contributed by atoms with Crippen LogP contribution in [0, 0.1) is 11.3 Å². The van der Waals surface area contributed by atoms with Crippen LogP contribution < -0.4 is 5.32 Å². The lowest BCUT2D eigenvalue weighted by molar-refractivity contribution is -0.116. The zero-order valence-electron chi connectivity index (χ0n) is 9.31. The lowest BCUT2D eigenvalue weighted by atomic mass is 10.3. The van der Waals surface area contributed by atoms with Crippen molar-refractivity contribution in [3.8, 4) is 6.07 Å². The lowest BCUT2D eigenvalue weighted by Crippen LogP contribution is -2.24. The Morgan fingerprint density at radius 1 is 1.44 bits per heavy atom. The molecule has 0 aliphatic heterocycles. The van der Waals surface area contributed by atoms with Gasteiger partial charge in [0.25, 0.3) is 0 Å². The van der Waals surface area contributed by atoms with E-state index in [9.17, 15) is 4.79 Å². The van der Waals surface area contributed by atoms with Gasteiger partial charge in [-0.25, -0.2) is 0 Å². The molecule has 0 spiro atoms. The van der Waals surface area contributed by atoms with Crippen LogP contribution in [0.3, 0.4) is 0 Å². The summed E-state index contributed by atoms with van der Waals surface area (Å²) < 4.78 is 0. The van der Waals surface area contributed by atoms with Gasteiger partial charge < -0.3 is 5.32 Å². The van der Waals surface area contributed by atoms with E-state index in [1.807, 2.05) is 48.3 Å². The third-order valence-corrected chi connectivity index (χ3v) is 2.12. The van der Waals surface area contributed by atoms with E-state index in [0.29, 0.717) is 19.5 Å². The van der Waals surface area contributed by atoms with E-state index >= 15 is 0 Å². The smallest absolute Gasteiger partial charge is 0.225 e. The second-order valence-corrected chi connectivity index (χ2v) is 3.56. The van der Waals surface area contributed by atoms with Crippen LogP contribution in [-0.2, 0) is 4.79 Å². The van der Waals surface area contributed by atoms with E-state index in [0.717, 1.165) is 5.69 Å². The predicted molar refractivity (Wildman–Crippen MR) is 62.8 cm³/mol. The molecule has 16 heavy (non-hydrogen) atoms. The molecule has 0 heterocycles. The molecule has 1 aromatic rings. The first kappa shape index (κ1) is 12.2. The highest BCUT2D eigenvalue weighted by molar-refractivity contribution is 5.90. The van der Waals surface area contributed by atoms with Crippen LogP contribution in [0.1, 0.15) is 6.42 Å².